The summed E-state index contributed by atoms with van der Waals surface area (Å²) in [6, 6.07) is 11.4. The lowest BCUT2D eigenvalue weighted by Crippen LogP contribution is -2.15. The molecule has 0 saturated carbocycles. The smallest absolute Gasteiger partial charge is 0.236 e. The molecule has 0 saturated heterocycles. The van der Waals surface area contributed by atoms with Crippen LogP contribution in [0.4, 0.5) is 5.82 Å². The summed E-state index contributed by atoms with van der Waals surface area (Å²) >= 11 is 4.67. The number of carbonyl (C=O) groups excluding carboxylic acids is 1. The number of thioether (sulfide) groups is 1. The molecule has 158 valence electrons. The second-order valence-corrected chi connectivity index (χ2v) is 8.84. The molecule has 2 aromatic heterocycles. The first-order valence-electron chi connectivity index (χ1n) is 9.67. The van der Waals surface area contributed by atoms with Gasteiger partial charge in [0.25, 0.3) is 0 Å². The topological polar surface area (TPSA) is 81.9 Å². The summed E-state index contributed by atoms with van der Waals surface area (Å²) in [5.74, 6) is 2.67. The normalized spacial score (nSPS) is 11.0. The number of benzene rings is 1. The quantitative estimate of drug-likeness (QED) is 0.431. The van der Waals surface area contributed by atoms with Crippen LogP contribution in [0, 0.1) is 5.92 Å². The Morgan fingerprint density at radius 2 is 1.97 bits per heavy atom. The summed E-state index contributed by atoms with van der Waals surface area (Å²) in [7, 11) is 0. The monoisotopic (exact) mass is 489 g/mol. The van der Waals surface area contributed by atoms with Gasteiger partial charge in [-0.1, -0.05) is 25.6 Å². The molecule has 3 aromatic rings. The number of hydrogen-bond acceptors (Lipinski definition) is 6. The third-order valence-corrected chi connectivity index (χ3v) is 5.49. The molecule has 9 heteroatoms. The first kappa shape index (κ1) is 22.3. The van der Waals surface area contributed by atoms with Gasteiger partial charge in [-0.2, -0.15) is 0 Å². The van der Waals surface area contributed by atoms with Crippen molar-refractivity contribution in [2.45, 2.75) is 32.5 Å². The fourth-order valence-corrected chi connectivity index (χ4v) is 3.65. The Hall–Kier alpha value is -2.39. The minimum atomic E-state index is -0.145. The number of halogens is 1. The predicted octanol–water partition coefficient (Wildman–Crippen LogP) is 4.89. The van der Waals surface area contributed by atoms with E-state index >= 15 is 0 Å². The molecule has 0 radical (unpaired) electrons. The number of pyridine rings is 1. The van der Waals surface area contributed by atoms with Gasteiger partial charge in [0.2, 0.25) is 5.91 Å². The predicted molar refractivity (Wildman–Crippen MR) is 123 cm³/mol. The summed E-state index contributed by atoms with van der Waals surface area (Å²) < 4.78 is 8.60. The summed E-state index contributed by atoms with van der Waals surface area (Å²) in [5, 5.41) is 12.1. The van der Waals surface area contributed by atoms with Crippen molar-refractivity contribution in [2.24, 2.45) is 5.92 Å². The Balaban J connectivity index is 1.63. The molecule has 1 aromatic carbocycles. The van der Waals surface area contributed by atoms with Crippen LogP contribution < -0.4 is 10.1 Å². The largest absolute Gasteiger partial charge is 0.493 e. The van der Waals surface area contributed by atoms with E-state index in [1.807, 2.05) is 41.8 Å². The minimum absolute atomic E-state index is 0.145. The average molecular weight is 490 g/mol. The maximum absolute atomic E-state index is 12.2. The van der Waals surface area contributed by atoms with Crippen LogP contribution in [-0.4, -0.2) is 38.0 Å². The van der Waals surface area contributed by atoms with Crippen molar-refractivity contribution in [3.8, 4) is 17.1 Å². The van der Waals surface area contributed by atoms with Gasteiger partial charge >= 0.3 is 0 Å². The standard InChI is InChI=1S/C21H24BrN5O2S/c1-4-27-20(15-5-8-17(9-6-15)29-12-14(2)3)25-26-21(27)30-13-19(28)24-18-10-7-16(22)11-23-18/h5-11,14H,4,12-13H2,1-3H3,(H,23,24,28). The van der Waals surface area contributed by atoms with Gasteiger partial charge in [-0.15, -0.1) is 10.2 Å². The molecule has 0 aliphatic carbocycles. The van der Waals surface area contributed by atoms with Crippen LogP contribution in [0.2, 0.25) is 0 Å². The number of aromatic nitrogens is 4. The van der Waals surface area contributed by atoms with Crippen LogP contribution in [0.3, 0.4) is 0 Å². The Kier molecular flexibility index (Phi) is 7.87. The van der Waals surface area contributed by atoms with Gasteiger partial charge in [0.15, 0.2) is 11.0 Å². The van der Waals surface area contributed by atoms with Crippen molar-refractivity contribution in [3.63, 3.8) is 0 Å². The fraction of sp³-hybridized carbons (Fsp3) is 0.333. The Morgan fingerprint density at radius 3 is 2.60 bits per heavy atom. The maximum atomic E-state index is 12.2. The molecule has 1 amide bonds. The second kappa shape index (κ2) is 10.6. The third-order valence-electron chi connectivity index (χ3n) is 4.06. The molecule has 0 fully saturated rings. The number of rotatable bonds is 9. The zero-order valence-corrected chi connectivity index (χ0v) is 19.5. The Labute approximate surface area is 188 Å². The lowest BCUT2D eigenvalue weighted by molar-refractivity contribution is -0.113. The van der Waals surface area contributed by atoms with E-state index in [1.54, 1.807) is 12.3 Å². The maximum Gasteiger partial charge on any atom is 0.236 e. The number of hydrogen-bond donors (Lipinski definition) is 1. The van der Waals surface area contributed by atoms with Crippen LogP contribution in [0.5, 0.6) is 5.75 Å². The van der Waals surface area contributed by atoms with Gasteiger partial charge < -0.3 is 14.6 Å². The van der Waals surface area contributed by atoms with Crippen molar-refractivity contribution in [2.75, 3.05) is 17.7 Å². The van der Waals surface area contributed by atoms with Gasteiger partial charge in [-0.25, -0.2) is 4.98 Å². The Morgan fingerprint density at radius 1 is 1.20 bits per heavy atom. The zero-order chi connectivity index (χ0) is 21.5. The first-order valence-corrected chi connectivity index (χ1v) is 11.4. The molecule has 2 heterocycles. The molecule has 0 aliphatic rings. The lowest BCUT2D eigenvalue weighted by Gasteiger charge is -2.10. The van der Waals surface area contributed by atoms with Crippen molar-refractivity contribution in [3.05, 3.63) is 47.1 Å². The van der Waals surface area contributed by atoms with E-state index in [0.717, 1.165) is 21.6 Å². The zero-order valence-electron chi connectivity index (χ0n) is 17.1. The molecule has 0 spiro atoms. The lowest BCUT2D eigenvalue weighted by atomic mass is 10.2. The van der Waals surface area contributed by atoms with E-state index < -0.39 is 0 Å². The van der Waals surface area contributed by atoms with Gasteiger partial charge in [0, 0.05) is 22.8 Å². The molecule has 3 rings (SSSR count). The summed E-state index contributed by atoms with van der Waals surface area (Å²) in [5.41, 5.74) is 0.955. The molecule has 7 nitrogen and oxygen atoms in total. The molecule has 0 unspecified atom stereocenters. The van der Waals surface area contributed by atoms with E-state index in [2.05, 4.69) is 50.3 Å². The molecule has 1 N–H and O–H groups in total. The van der Waals surface area contributed by atoms with Crippen molar-refractivity contribution < 1.29 is 9.53 Å². The fourth-order valence-electron chi connectivity index (χ4n) is 2.62. The second-order valence-electron chi connectivity index (χ2n) is 6.98. The summed E-state index contributed by atoms with van der Waals surface area (Å²) in [6.07, 6.45) is 1.64. The molecule has 0 atom stereocenters. The van der Waals surface area contributed by atoms with E-state index in [1.165, 1.54) is 11.8 Å². The molecule has 0 aliphatic heterocycles. The number of nitrogens with zero attached hydrogens (tertiary/aromatic N) is 4. The highest BCUT2D eigenvalue weighted by atomic mass is 79.9. The SMILES string of the molecule is CCn1c(SCC(=O)Nc2ccc(Br)cn2)nnc1-c1ccc(OCC(C)C)cc1. The number of amides is 1. The highest BCUT2D eigenvalue weighted by Crippen LogP contribution is 2.26. The Bertz CT molecular complexity index is 974. The summed E-state index contributed by atoms with van der Waals surface area (Å²) in [6.45, 7) is 7.65. The highest BCUT2D eigenvalue weighted by molar-refractivity contribution is 9.10. The third kappa shape index (κ3) is 6.06. The van der Waals surface area contributed by atoms with Gasteiger partial charge in [0.1, 0.15) is 11.6 Å². The molecular formula is C21H24BrN5O2S. The molecule has 30 heavy (non-hydrogen) atoms. The molecular weight excluding hydrogens is 466 g/mol. The van der Waals surface area contributed by atoms with Crippen molar-refractivity contribution in [1.82, 2.24) is 19.7 Å². The van der Waals surface area contributed by atoms with Crippen LogP contribution in [-0.2, 0) is 11.3 Å². The van der Waals surface area contributed by atoms with Crippen molar-refractivity contribution in [1.29, 1.82) is 0 Å². The van der Waals surface area contributed by atoms with Gasteiger partial charge in [0.05, 0.1) is 12.4 Å². The van der Waals surface area contributed by atoms with Crippen LogP contribution in [0.25, 0.3) is 11.4 Å². The van der Waals surface area contributed by atoms with Gasteiger partial charge in [-0.05, 0) is 65.2 Å². The number of carbonyl (C=O) groups is 1. The number of ether oxygens (including phenoxy) is 1. The number of anilines is 1. The van der Waals surface area contributed by atoms with Crippen molar-refractivity contribution >= 4 is 39.4 Å². The van der Waals surface area contributed by atoms with E-state index in [-0.39, 0.29) is 11.7 Å². The average Bonchev–Trinajstić information content (AvgIpc) is 3.15. The van der Waals surface area contributed by atoms with E-state index in [9.17, 15) is 4.79 Å². The number of nitrogens with one attached hydrogen (secondary N) is 1. The van der Waals surface area contributed by atoms with E-state index in [0.29, 0.717) is 30.0 Å². The first-order chi connectivity index (χ1) is 14.5. The van der Waals surface area contributed by atoms with Crippen LogP contribution >= 0.6 is 27.7 Å². The summed E-state index contributed by atoms with van der Waals surface area (Å²) in [4.78, 5) is 16.4. The van der Waals surface area contributed by atoms with Gasteiger partial charge in [-0.3, -0.25) is 4.79 Å². The minimum Gasteiger partial charge on any atom is -0.493 e. The van der Waals surface area contributed by atoms with Crippen LogP contribution in [0.15, 0.2) is 52.2 Å². The van der Waals surface area contributed by atoms with E-state index in [4.69, 9.17) is 4.74 Å². The highest BCUT2D eigenvalue weighted by Gasteiger charge is 2.15. The molecule has 0 bridgehead atoms. The van der Waals surface area contributed by atoms with Crippen LogP contribution in [0.1, 0.15) is 20.8 Å².